The Labute approximate surface area is 115 Å². The minimum absolute atomic E-state index is 0.0581. The number of aryl methyl sites for hydroxylation is 1. The fourth-order valence-corrected chi connectivity index (χ4v) is 4.96. The molecule has 0 radical (unpaired) electrons. The van der Waals surface area contributed by atoms with Crippen LogP contribution in [-0.2, 0) is 15.6 Å². The van der Waals surface area contributed by atoms with Crippen LogP contribution in [0.2, 0.25) is 0 Å². The maximum atomic E-state index is 12.5. The first-order valence-corrected chi connectivity index (χ1v) is 8.42. The van der Waals surface area contributed by atoms with E-state index in [1.54, 1.807) is 0 Å². The summed E-state index contributed by atoms with van der Waals surface area (Å²) in [5, 5.41) is 8.65. The average Bonchev–Trinajstić information content (AvgIpc) is 2.41. The molecule has 2 atom stereocenters. The van der Waals surface area contributed by atoms with Crippen molar-refractivity contribution in [2.75, 3.05) is 0 Å². The number of rotatable bonds is 3. The van der Waals surface area contributed by atoms with E-state index >= 15 is 0 Å². The maximum absolute atomic E-state index is 12.5. The predicted molar refractivity (Wildman–Crippen MR) is 75.2 cm³/mol. The van der Waals surface area contributed by atoms with Crippen LogP contribution in [0.5, 0.6) is 0 Å². The lowest BCUT2D eigenvalue weighted by atomic mass is 9.90. The van der Waals surface area contributed by atoms with Crippen molar-refractivity contribution in [2.45, 2.75) is 43.6 Å². The van der Waals surface area contributed by atoms with Crippen LogP contribution in [0.15, 0.2) is 24.3 Å². The van der Waals surface area contributed by atoms with Crippen LogP contribution in [0.1, 0.15) is 36.8 Å². The molecule has 1 aromatic carbocycles. The van der Waals surface area contributed by atoms with E-state index < -0.39 is 15.1 Å². The third kappa shape index (κ3) is 3.16. The summed E-state index contributed by atoms with van der Waals surface area (Å²) in [5.41, 5.74) is 1.85. The number of hydrogen-bond acceptors (Lipinski definition) is 3. The maximum Gasteiger partial charge on any atom is 0.158 e. The standard InChI is InChI=1S/C15H19NO2S/c1-12-6-2-3-8-14(12)11-19(17,18)15-9-5-4-7-13(15)10-16/h2-3,6,8,13,15H,4-5,7,9,11H2,1H3. The van der Waals surface area contributed by atoms with Gasteiger partial charge in [-0.2, -0.15) is 5.26 Å². The highest BCUT2D eigenvalue weighted by Crippen LogP contribution is 2.31. The van der Waals surface area contributed by atoms with Crippen molar-refractivity contribution < 1.29 is 8.42 Å². The highest BCUT2D eigenvalue weighted by atomic mass is 32.2. The molecule has 1 aromatic rings. The molecule has 1 aliphatic rings. The third-order valence-corrected chi connectivity index (χ3v) is 6.15. The zero-order valence-electron chi connectivity index (χ0n) is 11.2. The Morgan fingerprint density at radius 2 is 1.95 bits per heavy atom. The smallest absolute Gasteiger partial charge is 0.158 e. The fourth-order valence-electron chi connectivity index (χ4n) is 2.77. The van der Waals surface area contributed by atoms with E-state index in [-0.39, 0.29) is 11.7 Å². The SMILES string of the molecule is Cc1ccccc1CS(=O)(=O)C1CCCCC1C#N. The summed E-state index contributed by atoms with van der Waals surface area (Å²) < 4.78 is 25.1. The average molecular weight is 277 g/mol. The lowest BCUT2D eigenvalue weighted by Gasteiger charge is -2.26. The number of sulfone groups is 1. The number of hydrogen-bond donors (Lipinski definition) is 0. The molecule has 0 aromatic heterocycles. The molecule has 0 saturated heterocycles. The van der Waals surface area contributed by atoms with Crippen LogP contribution in [-0.4, -0.2) is 13.7 Å². The van der Waals surface area contributed by atoms with Gasteiger partial charge in [-0.1, -0.05) is 37.1 Å². The van der Waals surface area contributed by atoms with Crippen LogP contribution in [0, 0.1) is 24.2 Å². The second kappa shape index (κ2) is 5.75. The molecule has 1 aliphatic carbocycles. The minimum Gasteiger partial charge on any atom is -0.228 e. The summed E-state index contributed by atoms with van der Waals surface area (Å²) in [7, 11) is -3.24. The summed E-state index contributed by atoms with van der Waals surface area (Å²) in [6.45, 7) is 1.92. The predicted octanol–water partition coefficient (Wildman–Crippen LogP) is 2.99. The number of benzene rings is 1. The van der Waals surface area contributed by atoms with Crippen molar-refractivity contribution in [1.82, 2.24) is 0 Å². The third-order valence-electron chi connectivity index (χ3n) is 3.95. The molecule has 1 fully saturated rings. The monoisotopic (exact) mass is 277 g/mol. The van der Waals surface area contributed by atoms with Gasteiger partial charge in [0.15, 0.2) is 9.84 Å². The van der Waals surface area contributed by atoms with Gasteiger partial charge in [-0.3, -0.25) is 0 Å². The molecule has 3 nitrogen and oxygen atoms in total. The van der Waals surface area contributed by atoms with E-state index in [9.17, 15) is 8.42 Å². The van der Waals surface area contributed by atoms with Crippen molar-refractivity contribution in [1.29, 1.82) is 5.26 Å². The second-order valence-electron chi connectivity index (χ2n) is 5.29. The highest BCUT2D eigenvalue weighted by Gasteiger charge is 2.35. The van der Waals surface area contributed by atoms with Crippen LogP contribution < -0.4 is 0 Å². The minimum atomic E-state index is -3.24. The van der Waals surface area contributed by atoms with Gasteiger partial charge in [0.05, 0.1) is 23.0 Å². The van der Waals surface area contributed by atoms with E-state index in [1.165, 1.54) is 0 Å². The normalized spacial score (nSPS) is 23.8. The van der Waals surface area contributed by atoms with Gasteiger partial charge in [-0.05, 0) is 30.9 Å². The van der Waals surface area contributed by atoms with Crippen molar-refractivity contribution in [3.8, 4) is 6.07 Å². The van der Waals surface area contributed by atoms with Gasteiger partial charge in [0.1, 0.15) is 0 Å². The Morgan fingerprint density at radius 3 is 2.63 bits per heavy atom. The van der Waals surface area contributed by atoms with Crippen LogP contribution in [0.3, 0.4) is 0 Å². The summed E-state index contributed by atoms with van der Waals surface area (Å²) >= 11 is 0. The van der Waals surface area contributed by atoms with Gasteiger partial charge in [-0.25, -0.2) is 8.42 Å². The summed E-state index contributed by atoms with van der Waals surface area (Å²) in [6.07, 6.45) is 3.23. The molecule has 0 amide bonds. The Morgan fingerprint density at radius 1 is 1.26 bits per heavy atom. The first-order chi connectivity index (χ1) is 9.04. The van der Waals surface area contributed by atoms with Crippen LogP contribution >= 0.6 is 0 Å². The highest BCUT2D eigenvalue weighted by molar-refractivity contribution is 7.91. The van der Waals surface area contributed by atoms with Gasteiger partial charge in [0.25, 0.3) is 0 Å². The van der Waals surface area contributed by atoms with E-state index in [1.807, 2.05) is 31.2 Å². The van der Waals surface area contributed by atoms with Crippen LogP contribution in [0.4, 0.5) is 0 Å². The first-order valence-electron chi connectivity index (χ1n) is 6.70. The number of nitrogens with zero attached hydrogens (tertiary/aromatic N) is 1. The largest absolute Gasteiger partial charge is 0.228 e. The van der Waals surface area contributed by atoms with Crippen molar-refractivity contribution in [2.24, 2.45) is 5.92 Å². The molecule has 1 saturated carbocycles. The Hall–Kier alpha value is -1.34. The van der Waals surface area contributed by atoms with Gasteiger partial charge in [0.2, 0.25) is 0 Å². The summed E-state index contributed by atoms with van der Waals surface area (Å²) in [6, 6.07) is 9.73. The Kier molecular flexibility index (Phi) is 4.26. The Bertz CT molecular complexity index is 586. The molecule has 0 heterocycles. The molecule has 102 valence electrons. The molecular weight excluding hydrogens is 258 g/mol. The van der Waals surface area contributed by atoms with Gasteiger partial charge in [-0.15, -0.1) is 0 Å². The molecular formula is C15H19NO2S. The van der Waals surface area contributed by atoms with Crippen molar-refractivity contribution >= 4 is 9.84 Å². The molecule has 2 rings (SSSR count). The fraction of sp³-hybridized carbons (Fsp3) is 0.533. The molecule has 19 heavy (non-hydrogen) atoms. The van der Waals surface area contributed by atoms with E-state index in [4.69, 9.17) is 5.26 Å². The quantitative estimate of drug-likeness (QED) is 0.853. The van der Waals surface area contributed by atoms with Gasteiger partial charge < -0.3 is 0 Å². The summed E-state index contributed by atoms with van der Waals surface area (Å²) in [4.78, 5) is 0. The van der Waals surface area contributed by atoms with Crippen LogP contribution in [0.25, 0.3) is 0 Å². The molecule has 0 N–H and O–H groups in total. The first kappa shape index (κ1) is 14.1. The molecule has 2 unspecified atom stereocenters. The molecule has 4 heteroatoms. The topological polar surface area (TPSA) is 57.9 Å². The summed E-state index contributed by atoms with van der Waals surface area (Å²) in [5.74, 6) is -0.273. The molecule has 0 spiro atoms. The lowest BCUT2D eigenvalue weighted by molar-refractivity contribution is 0.418. The number of nitriles is 1. The molecule has 0 aliphatic heterocycles. The van der Waals surface area contributed by atoms with Crippen molar-refractivity contribution in [3.05, 3.63) is 35.4 Å². The van der Waals surface area contributed by atoms with E-state index in [0.717, 1.165) is 24.0 Å². The van der Waals surface area contributed by atoms with E-state index in [2.05, 4.69) is 6.07 Å². The lowest BCUT2D eigenvalue weighted by Crippen LogP contribution is -2.33. The Balaban J connectivity index is 2.23. The van der Waals surface area contributed by atoms with Crippen molar-refractivity contribution in [3.63, 3.8) is 0 Å². The zero-order valence-corrected chi connectivity index (χ0v) is 12.0. The van der Waals surface area contributed by atoms with E-state index in [0.29, 0.717) is 12.8 Å². The molecule has 0 bridgehead atoms. The van der Waals surface area contributed by atoms with Gasteiger partial charge in [0, 0.05) is 0 Å². The zero-order chi connectivity index (χ0) is 13.9. The van der Waals surface area contributed by atoms with Gasteiger partial charge >= 0.3 is 0 Å². The second-order valence-corrected chi connectivity index (χ2v) is 7.51.